The van der Waals surface area contributed by atoms with Crippen LogP contribution in [0.5, 0.6) is 0 Å². The molecule has 0 aliphatic heterocycles. The van der Waals surface area contributed by atoms with E-state index in [1.165, 1.54) is 6.42 Å². The Bertz CT molecular complexity index is 630. The van der Waals surface area contributed by atoms with Crippen molar-refractivity contribution in [2.24, 2.45) is 17.3 Å². The standard InChI is InChI=1S/C18H21BrClNO/c1-11-4-14(19)2-3-15(11)21-16(22)17-6-12-5-13(7-17)9-18(20,8-12)10-17/h2-4,12-13H,5-10H2,1H3,(H,21,22)/t12-,13+,17?,18?. The number of alkyl halides is 1. The van der Waals surface area contributed by atoms with Crippen LogP contribution in [0.25, 0.3) is 0 Å². The van der Waals surface area contributed by atoms with E-state index in [-0.39, 0.29) is 16.2 Å². The predicted octanol–water partition coefficient (Wildman–Crippen LogP) is 5.27. The van der Waals surface area contributed by atoms with Crippen molar-refractivity contribution in [1.82, 2.24) is 0 Å². The van der Waals surface area contributed by atoms with Crippen LogP contribution < -0.4 is 5.32 Å². The maximum absolute atomic E-state index is 13.1. The summed E-state index contributed by atoms with van der Waals surface area (Å²) in [5.74, 6) is 1.49. The van der Waals surface area contributed by atoms with Gasteiger partial charge in [0.2, 0.25) is 5.91 Å². The molecule has 0 radical (unpaired) electrons. The molecular formula is C18H21BrClNO. The summed E-state index contributed by atoms with van der Waals surface area (Å²) in [5, 5.41) is 3.19. The number of anilines is 1. The molecule has 22 heavy (non-hydrogen) atoms. The fourth-order valence-electron chi connectivity index (χ4n) is 5.44. The summed E-state index contributed by atoms with van der Waals surface area (Å²) < 4.78 is 1.04. The van der Waals surface area contributed by atoms with E-state index < -0.39 is 0 Å². The monoisotopic (exact) mass is 381 g/mol. The van der Waals surface area contributed by atoms with Gasteiger partial charge in [0.25, 0.3) is 0 Å². The van der Waals surface area contributed by atoms with Crippen molar-refractivity contribution in [3.63, 3.8) is 0 Å². The van der Waals surface area contributed by atoms with E-state index in [1.807, 2.05) is 25.1 Å². The molecular weight excluding hydrogens is 362 g/mol. The topological polar surface area (TPSA) is 29.1 Å². The number of halogens is 2. The molecule has 1 aromatic rings. The maximum Gasteiger partial charge on any atom is 0.230 e. The Labute approximate surface area is 145 Å². The van der Waals surface area contributed by atoms with Crippen molar-refractivity contribution in [1.29, 1.82) is 0 Å². The summed E-state index contributed by atoms with van der Waals surface area (Å²) in [6, 6.07) is 6.00. The first kappa shape index (κ1) is 15.0. The molecule has 5 rings (SSSR count). The average molecular weight is 383 g/mol. The predicted molar refractivity (Wildman–Crippen MR) is 93.2 cm³/mol. The first-order valence-corrected chi connectivity index (χ1v) is 9.31. The lowest BCUT2D eigenvalue weighted by Gasteiger charge is -2.59. The Kier molecular flexibility index (Phi) is 3.40. The zero-order chi connectivity index (χ0) is 15.5. The summed E-state index contributed by atoms with van der Waals surface area (Å²) >= 11 is 10.3. The minimum absolute atomic E-state index is 0.115. The van der Waals surface area contributed by atoms with Crippen LogP contribution in [0.3, 0.4) is 0 Å². The Morgan fingerprint density at radius 1 is 1.27 bits per heavy atom. The largest absolute Gasteiger partial charge is 0.325 e. The number of hydrogen-bond acceptors (Lipinski definition) is 1. The highest BCUT2D eigenvalue weighted by atomic mass is 79.9. The molecule has 1 amide bonds. The molecule has 1 N–H and O–H groups in total. The van der Waals surface area contributed by atoms with Crippen LogP contribution in [-0.2, 0) is 4.79 Å². The molecule has 0 spiro atoms. The van der Waals surface area contributed by atoms with Crippen LogP contribution in [0, 0.1) is 24.2 Å². The third kappa shape index (κ3) is 2.41. The molecule has 0 heterocycles. The van der Waals surface area contributed by atoms with Gasteiger partial charge in [0.15, 0.2) is 0 Å². The minimum Gasteiger partial charge on any atom is -0.325 e. The molecule has 4 aliphatic rings. The second-order valence-electron chi connectivity index (χ2n) is 7.81. The quantitative estimate of drug-likeness (QED) is 0.693. The third-order valence-electron chi connectivity index (χ3n) is 5.91. The zero-order valence-electron chi connectivity index (χ0n) is 12.8. The molecule has 4 bridgehead atoms. The molecule has 4 saturated carbocycles. The fraction of sp³-hybridized carbons (Fsp3) is 0.611. The molecule has 4 aliphatic carbocycles. The molecule has 4 heteroatoms. The summed E-state index contributed by atoms with van der Waals surface area (Å²) in [7, 11) is 0. The zero-order valence-corrected chi connectivity index (χ0v) is 15.1. The lowest BCUT2D eigenvalue weighted by molar-refractivity contribution is -0.138. The summed E-state index contributed by atoms with van der Waals surface area (Å²) in [6.07, 6.45) is 6.41. The lowest BCUT2D eigenvalue weighted by atomic mass is 9.49. The van der Waals surface area contributed by atoms with Crippen molar-refractivity contribution >= 4 is 39.1 Å². The van der Waals surface area contributed by atoms with Gasteiger partial charge in [-0.15, -0.1) is 11.6 Å². The normalized spacial score (nSPS) is 39.0. The Morgan fingerprint density at radius 2 is 1.95 bits per heavy atom. The molecule has 1 aromatic carbocycles. The molecule has 4 fully saturated rings. The van der Waals surface area contributed by atoms with Crippen molar-refractivity contribution in [2.45, 2.75) is 50.3 Å². The highest BCUT2D eigenvalue weighted by Crippen LogP contribution is 2.64. The van der Waals surface area contributed by atoms with E-state index >= 15 is 0 Å². The number of nitrogens with one attached hydrogen (secondary N) is 1. The number of rotatable bonds is 2. The van der Waals surface area contributed by atoms with Crippen molar-refractivity contribution in [3.05, 3.63) is 28.2 Å². The van der Waals surface area contributed by atoms with E-state index in [0.29, 0.717) is 11.8 Å². The Balaban J connectivity index is 1.60. The van der Waals surface area contributed by atoms with Gasteiger partial charge in [0.05, 0.1) is 5.41 Å². The van der Waals surface area contributed by atoms with Gasteiger partial charge in [0.1, 0.15) is 0 Å². The third-order valence-corrected chi connectivity index (χ3v) is 6.84. The molecule has 2 unspecified atom stereocenters. The Morgan fingerprint density at radius 3 is 2.55 bits per heavy atom. The molecule has 2 nitrogen and oxygen atoms in total. The maximum atomic E-state index is 13.1. The van der Waals surface area contributed by atoms with Gasteiger partial charge in [-0.25, -0.2) is 0 Å². The van der Waals surface area contributed by atoms with Crippen LogP contribution in [-0.4, -0.2) is 10.8 Å². The molecule has 4 atom stereocenters. The fourth-order valence-corrected chi connectivity index (χ4v) is 6.61. The smallest absolute Gasteiger partial charge is 0.230 e. The number of hydrogen-bond donors (Lipinski definition) is 1. The second-order valence-corrected chi connectivity index (χ2v) is 9.52. The van der Waals surface area contributed by atoms with Gasteiger partial charge in [-0.1, -0.05) is 15.9 Å². The molecule has 0 aromatic heterocycles. The SMILES string of the molecule is Cc1cc(Br)ccc1NC(=O)C12C[C@@H]3C[C@@H](CC(Cl)(C3)C1)C2. The van der Waals surface area contributed by atoms with Gasteiger partial charge in [-0.05, 0) is 81.0 Å². The van der Waals surface area contributed by atoms with Crippen LogP contribution in [0.4, 0.5) is 5.69 Å². The second kappa shape index (κ2) is 4.98. The van der Waals surface area contributed by atoms with E-state index in [4.69, 9.17) is 11.6 Å². The van der Waals surface area contributed by atoms with E-state index in [1.54, 1.807) is 0 Å². The first-order valence-electron chi connectivity index (χ1n) is 8.14. The van der Waals surface area contributed by atoms with Crippen molar-refractivity contribution < 1.29 is 4.79 Å². The van der Waals surface area contributed by atoms with E-state index in [2.05, 4.69) is 21.2 Å². The summed E-state index contributed by atoms with van der Waals surface area (Å²) in [5.41, 5.74) is 1.78. The minimum atomic E-state index is -0.231. The van der Waals surface area contributed by atoms with Crippen molar-refractivity contribution in [3.8, 4) is 0 Å². The van der Waals surface area contributed by atoms with E-state index in [9.17, 15) is 4.79 Å². The lowest BCUT2D eigenvalue weighted by Crippen LogP contribution is -2.57. The Hall–Kier alpha value is -0.540. The highest BCUT2D eigenvalue weighted by molar-refractivity contribution is 9.10. The van der Waals surface area contributed by atoms with Crippen LogP contribution >= 0.6 is 27.5 Å². The summed E-state index contributed by atoms with van der Waals surface area (Å²) in [4.78, 5) is 12.9. The van der Waals surface area contributed by atoms with Crippen molar-refractivity contribution in [2.75, 3.05) is 5.32 Å². The number of carbonyl (C=O) groups is 1. The van der Waals surface area contributed by atoms with Gasteiger partial charge < -0.3 is 5.32 Å². The highest BCUT2D eigenvalue weighted by Gasteiger charge is 2.60. The van der Waals surface area contributed by atoms with Gasteiger partial charge in [0, 0.05) is 15.0 Å². The summed E-state index contributed by atoms with van der Waals surface area (Å²) in [6.45, 7) is 2.03. The number of aryl methyl sites for hydroxylation is 1. The molecule has 118 valence electrons. The van der Waals surface area contributed by atoms with Gasteiger partial charge in [-0.2, -0.15) is 0 Å². The van der Waals surface area contributed by atoms with Crippen LogP contribution in [0.1, 0.15) is 44.1 Å². The molecule has 0 saturated heterocycles. The van der Waals surface area contributed by atoms with Gasteiger partial charge in [-0.3, -0.25) is 4.79 Å². The van der Waals surface area contributed by atoms with E-state index in [0.717, 1.165) is 47.8 Å². The number of carbonyl (C=O) groups excluding carboxylic acids is 1. The number of amides is 1. The van der Waals surface area contributed by atoms with Crippen LogP contribution in [0.2, 0.25) is 0 Å². The average Bonchev–Trinajstić information content (AvgIpc) is 2.39. The number of benzene rings is 1. The first-order chi connectivity index (χ1) is 10.4. The van der Waals surface area contributed by atoms with Gasteiger partial charge >= 0.3 is 0 Å². The van der Waals surface area contributed by atoms with Crippen LogP contribution in [0.15, 0.2) is 22.7 Å².